The van der Waals surface area contributed by atoms with Crippen LogP contribution < -0.4 is 5.32 Å². The molecule has 1 rings (SSSR count). The highest BCUT2D eigenvalue weighted by molar-refractivity contribution is 6.42. The van der Waals surface area contributed by atoms with E-state index in [0.717, 1.165) is 13.0 Å². The molecule has 0 fully saturated rings. The van der Waals surface area contributed by atoms with Gasteiger partial charge >= 0.3 is 12.1 Å². The summed E-state index contributed by atoms with van der Waals surface area (Å²) in [5.41, 5.74) is 0.0224. The van der Waals surface area contributed by atoms with E-state index in [-0.39, 0.29) is 30.2 Å². The maximum atomic E-state index is 12.5. The molecule has 0 spiro atoms. The zero-order chi connectivity index (χ0) is 19.4. The summed E-state index contributed by atoms with van der Waals surface area (Å²) in [5.74, 6) is -3.36. The van der Waals surface area contributed by atoms with E-state index in [2.05, 4.69) is 0 Å². The SMILES string of the molecule is CCOC(=O)c1cc(C(=O)C(=O)NC(C)C(F)(F)F)n(C)c1COC. The van der Waals surface area contributed by atoms with Crippen molar-refractivity contribution in [2.75, 3.05) is 13.7 Å². The first-order valence-corrected chi connectivity index (χ1v) is 7.31. The van der Waals surface area contributed by atoms with Gasteiger partial charge in [-0.25, -0.2) is 4.79 Å². The Bertz CT molecular complexity index is 667. The number of alkyl halides is 3. The van der Waals surface area contributed by atoms with Gasteiger partial charge in [0.15, 0.2) is 0 Å². The van der Waals surface area contributed by atoms with Crippen LogP contribution in [0.15, 0.2) is 6.07 Å². The molecule has 0 radical (unpaired) electrons. The predicted molar refractivity (Wildman–Crippen MR) is 80.1 cm³/mol. The van der Waals surface area contributed by atoms with Gasteiger partial charge in [0.25, 0.3) is 11.7 Å². The summed E-state index contributed by atoms with van der Waals surface area (Å²) >= 11 is 0. The lowest BCUT2D eigenvalue weighted by Crippen LogP contribution is -2.46. The fraction of sp³-hybridized carbons (Fsp3) is 0.533. The first-order valence-electron chi connectivity index (χ1n) is 7.31. The quantitative estimate of drug-likeness (QED) is 0.451. The van der Waals surface area contributed by atoms with Crippen LogP contribution in [0.3, 0.4) is 0 Å². The van der Waals surface area contributed by atoms with Crippen LogP contribution in [0.2, 0.25) is 0 Å². The van der Waals surface area contributed by atoms with Crippen molar-refractivity contribution in [3.63, 3.8) is 0 Å². The molecule has 0 saturated carbocycles. The lowest BCUT2D eigenvalue weighted by atomic mass is 10.2. The van der Waals surface area contributed by atoms with E-state index < -0.39 is 29.9 Å². The highest BCUT2D eigenvalue weighted by atomic mass is 19.4. The number of aromatic nitrogens is 1. The van der Waals surface area contributed by atoms with Crippen LogP contribution in [-0.4, -0.2) is 48.2 Å². The molecule has 140 valence electrons. The number of hydrogen-bond acceptors (Lipinski definition) is 5. The normalized spacial score (nSPS) is 12.6. The molecule has 1 unspecified atom stereocenters. The van der Waals surface area contributed by atoms with E-state index in [1.807, 2.05) is 0 Å². The van der Waals surface area contributed by atoms with Crippen molar-refractivity contribution < 1.29 is 37.0 Å². The van der Waals surface area contributed by atoms with Gasteiger partial charge < -0.3 is 19.4 Å². The average Bonchev–Trinajstić information content (AvgIpc) is 2.83. The summed E-state index contributed by atoms with van der Waals surface area (Å²) in [6.07, 6.45) is -4.68. The number of carbonyl (C=O) groups is 3. The third-order valence-corrected chi connectivity index (χ3v) is 3.41. The molecule has 0 aliphatic carbocycles. The molecule has 1 amide bonds. The number of rotatable bonds is 7. The molecule has 0 saturated heterocycles. The maximum absolute atomic E-state index is 12.5. The summed E-state index contributed by atoms with van der Waals surface area (Å²) in [6, 6.07) is -1.08. The molecule has 1 N–H and O–H groups in total. The van der Waals surface area contributed by atoms with Gasteiger partial charge in [0.1, 0.15) is 6.04 Å². The summed E-state index contributed by atoms with van der Waals surface area (Å²) in [5, 5.41) is 1.59. The van der Waals surface area contributed by atoms with Crippen LogP contribution in [-0.2, 0) is 27.9 Å². The Morgan fingerprint density at radius 1 is 1.32 bits per heavy atom. The van der Waals surface area contributed by atoms with E-state index in [9.17, 15) is 27.6 Å². The van der Waals surface area contributed by atoms with Gasteiger partial charge in [0.05, 0.1) is 30.2 Å². The standard InChI is InChI=1S/C15H19F3N2O5/c1-5-25-14(23)9-6-10(20(3)11(9)7-24-4)12(21)13(22)19-8(2)15(16,17)18/h6,8H,5,7H2,1-4H3,(H,19,22). The average molecular weight is 364 g/mol. The minimum atomic E-state index is -4.68. The van der Waals surface area contributed by atoms with Crippen molar-refractivity contribution >= 4 is 17.7 Å². The van der Waals surface area contributed by atoms with Gasteiger partial charge in [-0.1, -0.05) is 0 Å². The Morgan fingerprint density at radius 3 is 2.40 bits per heavy atom. The van der Waals surface area contributed by atoms with Crippen molar-refractivity contribution in [2.24, 2.45) is 7.05 Å². The molecule has 1 aromatic heterocycles. The Kier molecular flexibility index (Phi) is 6.74. The van der Waals surface area contributed by atoms with E-state index in [0.29, 0.717) is 0 Å². The van der Waals surface area contributed by atoms with E-state index in [1.165, 1.54) is 18.7 Å². The van der Waals surface area contributed by atoms with Gasteiger partial charge in [0, 0.05) is 14.2 Å². The molecule has 0 bridgehead atoms. The van der Waals surface area contributed by atoms with Crippen molar-refractivity contribution in [2.45, 2.75) is 32.7 Å². The minimum Gasteiger partial charge on any atom is -0.462 e. The smallest absolute Gasteiger partial charge is 0.408 e. The van der Waals surface area contributed by atoms with Gasteiger partial charge in [-0.05, 0) is 19.9 Å². The summed E-state index contributed by atoms with van der Waals surface area (Å²) < 4.78 is 48.5. The van der Waals surface area contributed by atoms with E-state index in [1.54, 1.807) is 12.2 Å². The number of ether oxygens (including phenoxy) is 2. The van der Waals surface area contributed by atoms with E-state index in [4.69, 9.17) is 9.47 Å². The topological polar surface area (TPSA) is 86.6 Å². The monoisotopic (exact) mass is 364 g/mol. The Hall–Kier alpha value is -2.36. The van der Waals surface area contributed by atoms with Crippen LogP contribution >= 0.6 is 0 Å². The number of halogens is 3. The third-order valence-electron chi connectivity index (χ3n) is 3.41. The largest absolute Gasteiger partial charge is 0.462 e. The molecule has 1 atom stereocenters. The Labute approximate surface area is 142 Å². The number of esters is 1. The Morgan fingerprint density at radius 2 is 1.92 bits per heavy atom. The lowest BCUT2D eigenvalue weighted by Gasteiger charge is -2.16. The van der Waals surface area contributed by atoms with E-state index >= 15 is 0 Å². The number of amides is 1. The maximum Gasteiger partial charge on any atom is 0.408 e. The highest BCUT2D eigenvalue weighted by Crippen LogP contribution is 2.21. The molecular formula is C15H19F3N2O5. The minimum absolute atomic E-state index is 0.00576. The fourth-order valence-corrected chi connectivity index (χ4v) is 2.02. The lowest BCUT2D eigenvalue weighted by molar-refractivity contribution is -0.156. The first-order chi connectivity index (χ1) is 11.5. The molecular weight excluding hydrogens is 345 g/mol. The van der Waals surface area contributed by atoms with Crippen LogP contribution in [0.5, 0.6) is 0 Å². The summed E-state index contributed by atoms with van der Waals surface area (Å²) in [6.45, 7) is 2.34. The van der Waals surface area contributed by atoms with Gasteiger partial charge in [-0.2, -0.15) is 13.2 Å². The van der Waals surface area contributed by atoms with Crippen LogP contribution in [0.25, 0.3) is 0 Å². The highest BCUT2D eigenvalue weighted by Gasteiger charge is 2.38. The molecule has 25 heavy (non-hydrogen) atoms. The van der Waals surface area contributed by atoms with Crippen LogP contribution in [0, 0.1) is 0 Å². The fourth-order valence-electron chi connectivity index (χ4n) is 2.02. The number of hydrogen-bond donors (Lipinski definition) is 1. The summed E-state index contributed by atoms with van der Waals surface area (Å²) in [4.78, 5) is 35.9. The number of Topliss-reactive ketones (excluding diaryl/α,β-unsaturated/α-hetero) is 1. The van der Waals surface area contributed by atoms with Gasteiger partial charge in [-0.15, -0.1) is 0 Å². The van der Waals surface area contributed by atoms with Gasteiger partial charge in [-0.3, -0.25) is 9.59 Å². The van der Waals surface area contributed by atoms with Crippen LogP contribution in [0.1, 0.15) is 40.4 Å². The number of methoxy groups -OCH3 is 1. The second kappa shape index (κ2) is 8.15. The molecule has 0 aliphatic heterocycles. The number of nitrogens with one attached hydrogen (secondary N) is 1. The molecule has 10 heteroatoms. The van der Waals surface area contributed by atoms with Crippen molar-refractivity contribution in [1.82, 2.24) is 9.88 Å². The molecule has 0 aromatic carbocycles. The third kappa shape index (κ3) is 4.81. The van der Waals surface area contributed by atoms with Crippen molar-refractivity contribution in [3.05, 3.63) is 23.0 Å². The number of ketones is 1. The molecule has 7 nitrogen and oxygen atoms in total. The first kappa shape index (κ1) is 20.7. The number of nitrogens with zero attached hydrogens (tertiary/aromatic N) is 1. The summed E-state index contributed by atoms with van der Waals surface area (Å²) in [7, 11) is 2.76. The Balaban J connectivity index is 3.15. The van der Waals surface area contributed by atoms with Crippen LogP contribution in [0.4, 0.5) is 13.2 Å². The zero-order valence-corrected chi connectivity index (χ0v) is 14.2. The molecule has 1 aromatic rings. The second-order valence-corrected chi connectivity index (χ2v) is 5.17. The second-order valence-electron chi connectivity index (χ2n) is 5.17. The zero-order valence-electron chi connectivity index (χ0n) is 14.2. The molecule has 1 heterocycles. The van der Waals surface area contributed by atoms with Crippen molar-refractivity contribution in [3.8, 4) is 0 Å². The number of carbonyl (C=O) groups excluding carboxylic acids is 3. The molecule has 0 aliphatic rings. The van der Waals surface area contributed by atoms with Crippen molar-refractivity contribution in [1.29, 1.82) is 0 Å². The van der Waals surface area contributed by atoms with Gasteiger partial charge in [0.2, 0.25) is 0 Å². The predicted octanol–water partition coefficient (Wildman–Crippen LogP) is 1.60.